The fourth-order valence-corrected chi connectivity index (χ4v) is 7.63. The van der Waals surface area contributed by atoms with Gasteiger partial charge in [-0.2, -0.15) is 13.2 Å². The van der Waals surface area contributed by atoms with Crippen molar-refractivity contribution in [2.24, 2.45) is 5.41 Å². The number of hydrogen-bond donors (Lipinski definition) is 1. The van der Waals surface area contributed by atoms with Gasteiger partial charge in [-0.05, 0) is 61.9 Å². The van der Waals surface area contributed by atoms with Crippen LogP contribution in [0.1, 0.15) is 31.4 Å². The molecule has 248 valence electrons. The van der Waals surface area contributed by atoms with Crippen LogP contribution in [0.4, 0.5) is 28.9 Å². The Balaban J connectivity index is 1.31. The fourth-order valence-electron chi connectivity index (χ4n) is 7.00. The molecule has 0 radical (unpaired) electrons. The number of rotatable bonds is 9. The van der Waals surface area contributed by atoms with Crippen molar-refractivity contribution < 1.29 is 35.5 Å². The number of anilines is 2. The molecule has 1 saturated carbocycles. The van der Waals surface area contributed by atoms with E-state index >= 15 is 0 Å². The van der Waals surface area contributed by atoms with Crippen LogP contribution in [0.2, 0.25) is 0 Å². The number of ether oxygens (including phenoxy) is 2. The molecule has 3 heterocycles. The quantitative estimate of drug-likeness (QED) is 0.195. The van der Waals surface area contributed by atoms with Gasteiger partial charge in [0.25, 0.3) is 0 Å². The topological polar surface area (TPSA) is 90.0 Å². The summed E-state index contributed by atoms with van der Waals surface area (Å²) in [6.45, 7) is 1.64. The van der Waals surface area contributed by atoms with E-state index in [9.17, 15) is 26.0 Å². The Morgan fingerprint density at radius 2 is 1.85 bits per heavy atom. The van der Waals surface area contributed by atoms with Crippen molar-refractivity contribution in [3.05, 3.63) is 48.2 Å². The van der Waals surface area contributed by atoms with Gasteiger partial charge in [-0.3, -0.25) is 4.90 Å². The van der Waals surface area contributed by atoms with Crippen molar-refractivity contribution in [1.82, 2.24) is 9.47 Å². The van der Waals surface area contributed by atoms with Crippen molar-refractivity contribution in [2.75, 3.05) is 63.0 Å². The minimum atomic E-state index is -4.47. The minimum absolute atomic E-state index is 0.00121. The van der Waals surface area contributed by atoms with Gasteiger partial charge < -0.3 is 24.7 Å². The van der Waals surface area contributed by atoms with Crippen LogP contribution >= 0.6 is 0 Å². The molecule has 8 nitrogen and oxygen atoms in total. The average molecular weight is 663 g/mol. The van der Waals surface area contributed by atoms with Crippen molar-refractivity contribution in [3.63, 3.8) is 0 Å². The number of fused-ring (bicyclic) bond motifs is 1. The van der Waals surface area contributed by atoms with Gasteiger partial charge in [0.15, 0.2) is 9.84 Å². The molecule has 1 spiro atoms. The highest BCUT2D eigenvalue weighted by molar-refractivity contribution is 7.90. The van der Waals surface area contributed by atoms with E-state index in [4.69, 9.17) is 15.2 Å². The molecule has 0 atom stereocenters. The SMILES string of the molecule is CS(=O)(=O)c1ccc(N(CC#Cc2cc3c(N)cccc3n2CC(F)(F)F)C2CCC(N3CC4(COC4)C3)CC2)c(OCCF)c1. The fraction of sp³-hybridized carbons (Fsp3) is 0.515. The van der Waals surface area contributed by atoms with Crippen LogP contribution in [0.25, 0.3) is 10.9 Å². The van der Waals surface area contributed by atoms with Crippen LogP contribution < -0.4 is 15.4 Å². The van der Waals surface area contributed by atoms with E-state index in [0.29, 0.717) is 33.7 Å². The van der Waals surface area contributed by atoms with E-state index in [1.807, 2.05) is 4.90 Å². The van der Waals surface area contributed by atoms with Gasteiger partial charge in [0.2, 0.25) is 0 Å². The van der Waals surface area contributed by atoms with Crippen molar-refractivity contribution in [1.29, 1.82) is 0 Å². The molecule has 46 heavy (non-hydrogen) atoms. The highest BCUT2D eigenvalue weighted by Crippen LogP contribution is 2.42. The van der Waals surface area contributed by atoms with E-state index < -0.39 is 29.2 Å². The first kappa shape index (κ1) is 32.5. The Hall–Kier alpha value is -3.47. The van der Waals surface area contributed by atoms with Gasteiger partial charge in [0.05, 0.1) is 41.6 Å². The van der Waals surface area contributed by atoms with E-state index in [2.05, 4.69) is 16.7 Å². The Morgan fingerprint density at radius 3 is 2.48 bits per heavy atom. The number of halogens is 4. The molecular formula is C33H38F4N4O4S. The molecule has 0 unspecified atom stereocenters. The summed E-state index contributed by atoms with van der Waals surface area (Å²) in [6.07, 6.45) is 0.179. The highest BCUT2D eigenvalue weighted by atomic mass is 32.2. The molecule has 3 fully saturated rings. The first-order valence-corrected chi connectivity index (χ1v) is 17.3. The number of nitrogen functional groups attached to an aromatic ring is 1. The summed E-state index contributed by atoms with van der Waals surface area (Å²) in [7, 11) is -3.57. The predicted octanol–water partition coefficient (Wildman–Crippen LogP) is 5.04. The lowest BCUT2D eigenvalue weighted by Gasteiger charge is -2.58. The number of sulfone groups is 1. The van der Waals surface area contributed by atoms with Crippen LogP contribution in [-0.4, -0.2) is 88.5 Å². The third-order valence-electron chi connectivity index (χ3n) is 9.30. The molecular weight excluding hydrogens is 624 g/mol. The lowest BCUT2D eigenvalue weighted by Crippen LogP contribution is -2.68. The summed E-state index contributed by atoms with van der Waals surface area (Å²) < 4.78 is 90.9. The Labute approximate surface area is 266 Å². The molecule has 3 aliphatic rings. The van der Waals surface area contributed by atoms with E-state index in [-0.39, 0.29) is 35.5 Å². The molecule has 13 heteroatoms. The molecule has 2 saturated heterocycles. The molecule has 2 aromatic carbocycles. The maximum absolute atomic E-state index is 13.6. The van der Waals surface area contributed by atoms with Gasteiger partial charge in [0.1, 0.15) is 25.6 Å². The van der Waals surface area contributed by atoms with Gasteiger partial charge in [-0.15, -0.1) is 0 Å². The molecule has 2 N–H and O–H groups in total. The number of nitrogens with zero attached hydrogens (tertiary/aromatic N) is 3. The molecule has 2 aliphatic heterocycles. The molecule has 6 rings (SSSR count). The van der Waals surface area contributed by atoms with Crippen molar-refractivity contribution >= 4 is 32.1 Å². The lowest BCUT2D eigenvalue weighted by molar-refractivity contribution is -0.200. The number of alkyl halides is 4. The maximum atomic E-state index is 13.6. The van der Waals surface area contributed by atoms with Crippen LogP contribution in [-0.2, 0) is 21.1 Å². The van der Waals surface area contributed by atoms with Gasteiger partial charge in [0, 0.05) is 54.0 Å². The average Bonchev–Trinajstić information content (AvgIpc) is 3.29. The minimum Gasteiger partial charge on any atom is -0.489 e. The van der Waals surface area contributed by atoms with Crippen molar-refractivity contribution in [2.45, 2.75) is 55.4 Å². The molecule has 3 aromatic rings. The number of nitrogens with two attached hydrogens (primary N) is 1. The largest absolute Gasteiger partial charge is 0.489 e. The number of likely N-dealkylation sites (tertiary alicyclic amines) is 1. The summed E-state index contributed by atoms with van der Waals surface area (Å²) in [5, 5.41) is 0.491. The first-order valence-electron chi connectivity index (χ1n) is 15.4. The van der Waals surface area contributed by atoms with Gasteiger partial charge in [-0.1, -0.05) is 12.0 Å². The molecule has 0 bridgehead atoms. The van der Waals surface area contributed by atoms with Gasteiger partial charge in [-0.25, -0.2) is 12.8 Å². The molecule has 1 aliphatic carbocycles. The number of aromatic nitrogens is 1. The van der Waals surface area contributed by atoms with E-state index in [1.54, 1.807) is 30.3 Å². The summed E-state index contributed by atoms with van der Waals surface area (Å²) >= 11 is 0. The standard InChI is InChI=1S/C33H38F4N4O4S/c1-46(42,43)26-11-12-30(31(17-26)45-15-13-34)40(24-9-7-23(8-10-24)39-18-32(19-39)21-44-22-32)14-3-4-25-16-27-28(38)5-2-6-29(27)41(25)20-33(35,36)37/h2,5-6,11-12,16-17,23-24H,7-10,13-15,18-22,38H2,1H3. The monoisotopic (exact) mass is 662 g/mol. The molecule has 0 amide bonds. The van der Waals surface area contributed by atoms with Crippen LogP contribution in [0, 0.1) is 17.3 Å². The Bertz CT molecular complexity index is 1740. The van der Waals surface area contributed by atoms with Crippen molar-refractivity contribution in [3.8, 4) is 17.6 Å². The zero-order valence-corrected chi connectivity index (χ0v) is 26.5. The normalized spacial score (nSPS) is 21.3. The second-order valence-electron chi connectivity index (χ2n) is 12.7. The van der Waals surface area contributed by atoms with Gasteiger partial charge >= 0.3 is 6.18 Å². The lowest BCUT2D eigenvalue weighted by atomic mass is 9.75. The van der Waals surface area contributed by atoms with Crippen LogP contribution in [0.5, 0.6) is 5.75 Å². The summed E-state index contributed by atoms with van der Waals surface area (Å²) in [4.78, 5) is 4.58. The zero-order chi connectivity index (χ0) is 32.7. The summed E-state index contributed by atoms with van der Waals surface area (Å²) in [5.41, 5.74) is 7.85. The number of hydrogen-bond acceptors (Lipinski definition) is 7. The van der Waals surface area contributed by atoms with Crippen LogP contribution in [0.3, 0.4) is 0 Å². The third-order valence-corrected chi connectivity index (χ3v) is 10.4. The first-order chi connectivity index (χ1) is 21.9. The summed E-state index contributed by atoms with van der Waals surface area (Å²) in [5.74, 6) is 6.27. The number of benzene rings is 2. The second kappa shape index (κ2) is 12.6. The van der Waals surface area contributed by atoms with E-state index in [0.717, 1.165) is 62.8 Å². The Kier molecular flexibility index (Phi) is 8.91. The second-order valence-corrected chi connectivity index (χ2v) is 14.8. The maximum Gasteiger partial charge on any atom is 0.406 e. The Morgan fingerprint density at radius 1 is 1.11 bits per heavy atom. The predicted molar refractivity (Wildman–Crippen MR) is 169 cm³/mol. The molecule has 1 aromatic heterocycles. The van der Waals surface area contributed by atoms with Crippen LogP contribution in [0.15, 0.2) is 47.4 Å². The summed E-state index contributed by atoms with van der Waals surface area (Å²) in [6, 6.07) is 11.4. The highest BCUT2D eigenvalue weighted by Gasteiger charge is 2.51. The van der Waals surface area contributed by atoms with E-state index in [1.165, 1.54) is 12.1 Å². The third kappa shape index (κ3) is 6.80. The zero-order valence-electron chi connectivity index (χ0n) is 25.7. The smallest absolute Gasteiger partial charge is 0.406 e.